The van der Waals surface area contributed by atoms with Crippen LogP contribution in [0.1, 0.15) is 16.1 Å². The van der Waals surface area contributed by atoms with Crippen molar-refractivity contribution in [2.75, 3.05) is 5.32 Å². The van der Waals surface area contributed by atoms with Gasteiger partial charge < -0.3 is 5.32 Å². The van der Waals surface area contributed by atoms with Gasteiger partial charge in [-0.3, -0.25) is 19.9 Å². The molecule has 0 bridgehead atoms. The molecule has 1 amide bonds. The molecule has 21 heavy (non-hydrogen) atoms. The Bertz CT molecular complexity index is 737. The number of nitro benzene ring substituents is 1. The Labute approximate surface area is 123 Å². The number of carbonyl (C=O) groups is 1. The van der Waals surface area contributed by atoms with Gasteiger partial charge in [0.05, 0.1) is 21.6 Å². The van der Waals surface area contributed by atoms with Crippen LogP contribution in [-0.4, -0.2) is 15.8 Å². The van der Waals surface area contributed by atoms with Crippen LogP contribution in [0.25, 0.3) is 0 Å². The second-order valence-corrected chi connectivity index (χ2v) is 4.59. The minimum Gasteiger partial charge on any atom is -0.316 e. The zero-order chi connectivity index (χ0) is 15.6. The standard InChI is InChI=1S/C13H9ClFN3O3/c1-7-4-10(14)9(6-16-7)13(19)17-11-3-2-8(15)5-12(11)18(20)21/h2-6H,1H3,(H,17,19). The smallest absolute Gasteiger partial charge is 0.295 e. The predicted molar refractivity (Wildman–Crippen MR) is 75.0 cm³/mol. The molecule has 1 aromatic carbocycles. The number of aromatic nitrogens is 1. The lowest BCUT2D eigenvalue weighted by Crippen LogP contribution is -2.14. The van der Waals surface area contributed by atoms with Crippen molar-refractivity contribution >= 4 is 28.9 Å². The lowest BCUT2D eigenvalue weighted by atomic mass is 10.2. The molecule has 108 valence electrons. The van der Waals surface area contributed by atoms with Crippen LogP contribution in [0.15, 0.2) is 30.5 Å². The topological polar surface area (TPSA) is 85.1 Å². The molecule has 2 aromatic rings. The highest BCUT2D eigenvalue weighted by Crippen LogP contribution is 2.26. The Morgan fingerprint density at radius 3 is 2.76 bits per heavy atom. The maximum atomic E-state index is 13.0. The fourth-order valence-electron chi connectivity index (χ4n) is 1.64. The second kappa shape index (κ2) is 5.84. The van der Waals surface area contributed by atoms with E-state index in [1.54, 1.807) is 6.92 Å². The molecular weight excluding hydrogens is 301 g/mol. The first-order valence-electron chi connectivity index (χ1n) is 5.76. The number of anilines is 1. The van der Waals surface area contributed by atoms with Crippen molar-refractivity contribution in [1.82, 2.24) is 4.98 Å². The Morgan fingerprint density at radius 1 is 1.43 bits per heavy atom. The van der Waals surface area contributed by atoms with E-state index in [9.17, 15) is 19.3 Å². The molecule has 0 radical (unpaired) electrons. The zero-order valence-electron chi connectivity index (χ0n) is 10.8. The Morgan fingerprint density at radius 2 is 2.14 bits per heavy atom. The maximum absolute atomic E-state index is 13.0. The lowest BCUT2D eigenvalue weighted by Gasteiger charge is -2.07. The summed E-state index contributed by atoms with van der Waals surface area (Å²) in [4.78, 5) is 26.1. The van der Waals surface area contributed by atoms with Gasteiger partial charge >= 0.3 is 0 Å². The normalized spacial score (nSPS) is 10.2. The van der Waals surface area contributed by atoms with E-state index >= 15 is 0 Å². The first kappa shape index (κ1) is 14.9. The van der Waals surface area contributed by atoms with Gasteiger partial charge in [-0.1, -0.05) is 11.6 Å². The molecule has 0 aliphatic rings. The van der Waals surface area contributed by atoms with Crippen molar-refractivity contribution in [2.24, 2.45) is 0 Å². The molecule has 2 rings (SSSR count). The monoisotopic (exact) mass is 309 g/mol. The van der Waals surface area contributed by atoms with Crippen molar-refractivity contribution in [3.63, 3.8) is 0 Å². The van der Waals surface area contributed by atoms with Crippen molar-refractivity contribution in [2.45, 2.75) is 6.92 Å². The summed E-state index contributed by atoms with van der Waals surface area (Å²) in [6.07, 6.45) is 1.27. The number of nitrogens with zero attached hydrogens (tertiary/aromatic N) is 2. The second-order valence-electron chi connectivity index (χ2n) is 4.18. The van der Waals surface area contributed by atoms with Crippen molar-refractivity contribution in [3.05, 3.63) is 62.7 Å². The molecule has 0 unspecified atom stereocenters. The first-order valence-corrected chi connectivity index (χ1v) is 6.13. The van der Waals surface area contributed by atoms with Crippen molar-refractivity contribution in [1.29, 1.82) is 0 Å². The van der Waals surface area contributed by atoms with Crippen LogP contribution in [-0.2, 0) is 0 Å². The molecule has 0 spiro atoms. The average Bonchev–Trinajstić information content (AvgIpc) is 2.40. The molecule has 1 heterocycles. The third kappa shape index (κ3) is 3.32. The quantitative estimate of drug-likeness (QED) is 0.696. The van der Waals surface area contributed by atoms with Gasteiger partial charge in [-0.25, -0.2) is 4.39 Å². The number of nitro groups is 1. The molecule has 0 saturated heterocycles. The van der Waals surface area contributed by atoms with Crippen LogP contribution in [0, 0.1) is 22.9 Å². The summed E-state index contributed by atoms with van der Waals surface area (Å²) in [6.45, 7) is 1.71. The van der Waals surface area contributed by atoms with E-state index in [2.05, 4.69) is 10.3 Å². The summed E-state index contributed by atoms with van der Waals surface area (Å²) < 4.78 is 13.0. The number of aryl methyl sites for hydroxylation is 1. The maximum Gasteiger partial charge on any atom is 0.295 e. The first-order chi connectivity index (χ1) is 9.88. The van der Waals surface area contributed by atoms with Crippen LogP contribution in [0.4, 0.5) is 15.8 Å². The Balaban J connectivity index is 2.34. The van der Waals surface area contributed by atoms with Crippen molar-refractivity contribution in [3.8, 4) is 0 Å². The van der Waals surface area contributed by atoms with Crippen LogP contribution < -0.4 is 5.32 Å². The average molecular weight is 310 g/mol. The number of halogens is 2. The summed E-state index contributed by atoms with van der Waals surface area (Å²) in [6, 6.07) is 4.35. The Kier molecular flexibility index (Phi) is 4.13. The van der Waals surface area contributed by atoms with Gasteiger partial charge in [-0.05, 0) is 25.1 Å². The fourth-order valence-corrected chi connectivity index (χ4v) is 1.94. The van der Waals surface area contributed by atoms with Crippen molar-refractivity contribution < 1.29 is 14.1 Å². The van der Waals surface area contributed by atoms with Crippen LogP contribution in [0.5, 0.6) is 0 Å². The van der Waals surface area contributed by atoms with Gasteiger partial charge in [0, 0.05) is 11.9 Å². The molecule has 6 nitrogen and oxygen atoms in total. The third-order valence-corrected chi connectivity index (χ3v) is 2.95. The van der Waals surface area contributed by atoms with E-state index in [1.165, 1.54) is 12.3 Å². The summed E-state index contributed by atoms with van der Waals surface area (Å²) in [7, 11) is 0. The number of hydrogen-bond acceptors (Lipinski definition) is 4. The number of rotatable bonds is 3. The zero-order valence-corrected chi connectivity index (χ0v) is 11.5. The number of hydrogen-bond donors (Lipinski definition) is 1. The fraction of sp³-hybridized carbons (Fsp3) is 0.0769. The van der Waals surface area contributed by atoms with E-state index in [4.69, 9.17) is 11.6 Å². The van der Waals surface area contributed by atoms with E-state index in [0.717, 1.165) is 18.2 Å². The SMILES string of the molecule is Cc1cc(Cl)c(C(=O)Nc2ccc(F)cc2[N+](=O)[O-])cn1. The van der Waals surface area contributed by atoms with E-state index in [-0.39, 0.29) is 16.3 Å². The minimum absolute atomic E-state index is 0.0703. The summed E-state index contributed by atoms with van der Waals surface area (Å²) in [5, 5.41) is 13.3. The summed E-state index contributed by atoms with van der Waals surface area (Å²) >= 11 is 5.92. The van der Waals surface area contributed by atoms with Crippen LogP contribution in [0.3, 0.4) is 0 Å². The highest BCUT2D eigenvalue weighted by Gasteiger charge is 2.19. The number of carbonyl (C=O) groups excluding carboxylic acids is 1. The number of nitrogens with one attached hydrogen (secondary N) is 1. The highest BCUT2D eigenvalue weighted by atomic mass is 35.5. The summed E-state index contributed by atoms with van der Waals surface area (Å²) in [5.74, 6) is -1.43. The molecular formula is C13H9ClFN3O3. The minimum atomic E-state index is -0.784. The molecule has 8 heteroatoms. The molecule has 1 N–H and O–H groups in total. The molecule has 0 aliphatic carbocycles. The predicted octanol–water partition coefficient (Wildman–Crippen LogP) is 3.34. The number of amides is 1. The van der Waals surface area contributed by atoms with Gasteiger partial charge in [0.1, 0.15) is 11.5 Å². The molecule has 0 saturated carbocycles. The Hall–Kier alpha value is -2.54. The van der Waals surface area contributed by atoms with Gasteiger partial charge in [-0.15, -0.1) is 0 Å². The molecule has 0 atom stereocenters. The molecule has 0 aliphatic heterocycles. The lowest BCUT2D eigenvalue weighted by molar-refractivity contribution is -0.384. The van der Waals surface area contributed by atoms with Gasteiger partial charge in [0.25, 0.3) is 11.6 Å². The summed E-state index contributed by atoms with van der Waals surface area (Å²) in [5.41, 5.74) is 0.0350. The molecule has 0 fully saturated rings. The van der Waals surface area contributed by atoms with E-state index in [0.29, 0.717) is 5.69 Å². The van der Waals surface area contributed by atoms with Crippen LogP contribution in [0.2, 0.25) is 5.02 Å². The van der Waals surface area contributed by atoms with Gasteiger partial charge in [0.2, 0.25) is 0 Å². The highest BCUT2D eigenvalue weighted by molar-refractivity contribution is 6.34. The third-order valence-electron chi connectivity index (χ3n) is 2.64. The van der Waals surface area contributed by atoms with E-state index in [1.807, 2.05) is 0 Å². The number of benzene rings is 1. The molecule has 1 aromatic heterocycles. The number of pyridine rings is 1. The van der Waals surface area contributed by atoms with Crippen LogP contribution >= 0.6 is 11.6 Å². The van der Waals surface area contributed by atoms with Gasteiger partial charge in [-0.2, -0.15) is 0 Å². The largest absolute Gasteiger partial charge is 0.316 e. The van der Waals surface area contributed by atoms with E-state index < -0.39 is 22.3 Å². The van der Waals surface area contributed by atoms with Gasteiger partial charge in [0.15, 0.2) is 0 Å².